The average Bonchev–Trinajstić information content (AvgIpc) is 2.77. The molecule has 4 aromatic rings. The Balaban J connectivity index is 1.40. The summed E-state index contributed by atoms with van der Waals surface area (Å²) in [4.78, 5) is 5.29. The number of benzene rings is 4. The van der Waals surface area contributed by atoms with Crippen molar-refractivity contribution < 1.29 is 20.4 Å². The molecule has 0 fully saturated rings. The van der Waals surface area contributed by atoms with Gasteiger partial charge in [0.25, 0.3) is 0 Å². The summed E-state index contributed by atoms with van der Waals surface area (Å²) in [5.74, 6) is -0.470. The van der Waals surface area contributed by atoms with Crippen LogP contribution in [0.2, 0.25) is 0 Å². The Hall–Kier alpha value is -2.87. The SMILES string of the molecule is Oc1cccc(Sc2ccc(Sc3ccc(Sc4cccc(O)c4O)cc3)cc2)c1O. The van der Waals surface area contributed by atoms with E-state index >= 15 is 0 Å². The lowest BCUT2D eigenvalue weighted by Crippen LogP contribution is -1.79. The fourth-order valence-electron chi connectivity index (χ4n) is 2.73. The van der Waals surface area contributed by atoms with Gasteiger partial charge in [0.1, 0.15) is 0 Å². The van der Waals surface area contributed by atoms with Crippen LogP contribution in [0.1, 0.15) is 0 Å². The normalized spacial score (nSPS) is 10.8. The van der Waals surface area contributed by atoms with Crippen molar-refractivity contribution in [1.82, 2.24) is 0 Å². The lowest BCUT2D eigenvalue weighted by atomic mass is 10.3. The molecule has 0 aliphatic carbocycles. The van der Waals surface area contributed by atoms with Crippen LogP contribution >= 0.6 is 35.3 Å². The van der Waals surface area contributed by atoms with Gasteiger partial charge >= 0.3 is 0 Å². The predicted octanol–water partition coefficient (Wildman–Crippen LogP) is 6.96. The van der Waals surface area contributed by atoms with E-state index in [0.717, 1.165) is 19.6 Å². The van der Waals surface area contributed by atoms with Crippen molar-refractivity contribution in [2.24, 2.45) is 0 Å². The lowest BCUT2D eigenvalue weighted by molar-refractivity contribution is 0.395. The Morgan fingerprint density at radius 3 is 1.06 bits per heavy atom. The van der Waals surface area contributed by atoms with E-state index in [0.29, 0.717) is 9.79 Å². The topological polar surface area (TPSA) is 80.9 Å². The van der Waals surface area contributed by atoms with E-state index in [1.807, 2.05) is 48.5 Å². The molecular weight excluding hydrogens is 448 g/mol. The van der Waals surface area contributed by atoms with E-state index in [1.165, 1.54) is 35.7 Å². The second-order valence-electron chi connectivity index (χ2n) is 6.50. The van der Waals surface area contributed by atoms with Crippen molar-refractivity contribution in [2.75, 3.05) is 0 Å². The molecule has 0 radical (unpaired) electrons. The molecule has 0 saturated heterocycles. The summed E-state index contributed by atoms with van der Waals surface area (Å²) in [5.41, 5.74) is 0. The second-order valence-corrected chi connectivity index (χ2v) is 9.87. The highest BCUT2D eigenvalue weighted by molar-refractivity contribution is 8.00. The van der Waals surface area contributed by atoms with Gasteiger partial charge in [-0.05, 0) is 72.8 Å². The third kappa shape index (κ3) is 5.25. The van der Waals surface area contributed by atoms with Gasteiger partial charge in [-0.2, -0.15) is 0 Å². The highest BCUT2D eigenvalue weighted by atomic mass is 32.2. The Morgan fingerprint density at radius 1 is 0.387 bits per heavy atom. The van der Waals surface area contributed by atoms with Gasteiger partial charge in [-0.15, -0.1) is 0 Å². The van der Waals surface area contributed by atoms with Gasteiger partial charge in [0.05, 0.1) is 9.79 Å². The Bertz CT molecular complexity index is 1100. The number of hydrogen-bond acceptors (Lipinski definition) is 7. The fraction of sp³-hybridized carbons (Fsp3) is 0. The van der Waals surface area contributed by atoms with Crippen molar-refractivity contribution in [3.8, 4) is 23.0 Å². The third-order valence-electron chi connectivity index (χ3n) is 4.29. The van der Waals surface area contributed by atoms with E-state index in [1.54, 1.807) is 36.0 Å². The predicted molar refractivity (Wildman–Crippen MR) is 125 cm³/mol. The monoisotopic (exact) mass is 466 g/mol. The highest BCUT2D eigenvalue weighted by Gasteiger charge is 2.09. The first kappa shape index (κ1) is 21.4. The van der Waals surface area contributed by atoms with Gasteiger partial charge in [0.2, 0.25) is 0 Å². The Kier molecular flexibility index (Phi) is 6.56. The number of rotatable bonds is 6. The van der Waals surface area contributed by atoms with Crippen LogP contribution in [0, 0.1) is 0 Å². The zero-order valence-corrected chi connectivity index (χ0v) is 18.5. The molecular formula is C24H18O4S3. The largest absolute Gasteiger partial charge is 0.504 e. The van der Waals surface area contributed by atoms with Crippen LogP contribution in [0.3, 0.4) is 0 Å². The van der Waals surface area contributed by atoms with Gasteiger partial charge in [-0.25, -0.2) is 0 Å². The molecule has 4 nitrogen and oxygen atoms in total. The van der Waals surface area contributed by atoms with E-state index in [-0.39, 0.29) is 23.0 Å². The molecule has 31 heavy (non-hydrogen) atoms. The van der Waals surface area contributed by atoms with Gasteiger partial charge in [0, 0.05) is 19.6 Å². The summed E-state index contributed by atoms with van der Waals surface area (Å²) in [6.07, 6.45) is 0. The summed E-state index contributed by atoms with van der Waals surface area (Å²) < 4.78 is 0. The van der Waals surface area contributed by atoms with Gasteiger partial charge < -0.3 is 20.4 Å². The molecule has 4 N–H and O–H groups in total. The maximum absolute atomic E-state index is 9.95. The maximum atomic E-state index is 9.95. The molecule has 0 saturated carbocycles. The van der Waals surface area contributed by atoms with Crippen LogP contribution in [0.5, 0.6) is 23.0 Å². The molecule has 4 aromatic carbocycles. The maximum Gasteiger partial charge on any atom is 0.171 e. The van der Waals surface area contributed by atoms with Crippen molar-refractivity contribution >= 4 is 35.3 Å². The summed E-state index contributed by atoms with van der Waals surface area (Å²) in [6.45, 7) is 0. The van der Waals surface area contributed by atoms with E-state index in [4.69, 9.17) is 0 Å². The number of phenolic OH excluding ortho intramolecular Hbond substituents is 4. The minimum atomic E-state index is -0.127. The lowest BCUT2D eigenvalue weighted by Gasteiger charge is -2.08. The minimum absolute atomic E-state index is 0.108. The standard InChI is InChI=1S/C24H18O4S3/c25-19-3-1-5-21(23(19)27)30-17-11-7-15(8-12-17)29-16-9-13-18(14-10-16)31-22-6-2-4-20(26)24(22)28/h1-14,25-28H. The number of para-hydroxylation sites is 2. The van der Waals surface area contributed by atoms with E-state index in [2.05, 4.69) is 0 Å². The molecule has 0 aliphatic heterocycles. The zero-order chi connectivity index (χ0) is 21.8. The molecule has 0 bridgehead atoms. The van der Waals surface area contributed by atoms with Crippen molar-refractivity contribution in [2.45, 2.75) is 29.4 Å². The Morgan fingerprint density at radius 2 is 0.710 bits per heavy atom. The fourth-order valence-corrected chi connectivity index (χ4v) is 5.29. The molecule has 0 unspecified atom stereocenters. The molecule has 156 valence electrons. The van der Waals surface area contributed by atoms with Crippen LogP contribution in [0.4, 0.5) is 0 Å². The quantitative estimate of drug-likeness (QED) is 0.229. The van der Waals surface area contributed by atoms with Gasteiger partial charge in [-0.1, -0.05) is 47.4 Å². The first-order chi connectivity index (χ1) is 15.0. The van der Waals surface area contributed by atoms with Crippen LogP contribution in [-0.2, 0) is 0 Å². The molecule has 4 rings (SSSR count). The zero-order valence-electron chi connectivity index (χ0n) is 16.1. The summed E-state index contributed by atoms with van der Waals surface area (Å²) in [6, 6.07) is 25.8. The summed E-state index contributed by atoms with van der Waals surface area (Å²) >= 11 is 4.41. The number of phenols is 4. The van der Waals surface area contributed by atoms with Gasteiger partial charge in [0.15, 0.2) is 23.0 Å². The molecule has 0 heterocycles. The highest BCUT2D eigenvalue weighted by Crippen LogP contribution is 2.41. The minimum Gasteiger partial charge on any atom is -0.504 e. The number of hydrogen-bond donors (Lipinski definition) is 4. The first-order valence-electron chi connectivity index (χ1n) is 9.25. The Labute approximate surface area is 192 Å². The summed E-state index contributed by atoms with van der Waals surface area (Å²) in [7, 11) is 0. The first-order valence-corrected chi connectivity index (χ1v) is 11.7. The second kappa shape index (κ2) is 9.51. The van der Waals surface area contributed by atoms with Crippen LogP contribution < -0.4 is 0 Å². The molecule has 7 heteroatoms. The molecule has 0 atom stereocenters. The van der Waals surface area contributed by atoms with Crippen molar-refractivity contribution in [3.63, 3.8) is 0 Å². The van der Waals surface area contributed by atoms with Crippen LogP contribution in [0.15, 0.2) is 114 Å². The number of aromatic hydroxyl groups is 4. The molecule has 0 aliphatic rings. The average molecular weight is 467 g/mol. The van der Waals surface area contributed by atoms with Crippen molar-refractivity contribution in [3.05, 3.63) is 84.9 Å². The van der Waals surface area contributed by atoms with E-state index in [9.17, 15) is 20.4 Å². The van der Waals surface area contributed by atoms with Crippen molar-refractivity contribution in [1.29, 1.82) is 0 Å². The molecule has 0 amide bonds. The molecule has 0 spiro atoms. The smallest absolute Gasteiger partial charge is 0.171 e. The van der Waals surface area contributed by atoms with Crippen LogP contribution in [-0.4, -0.2) is 20.4 Å². The van der Waals surface area contributed by atoms with Crippen LogP contribution in [0.25, 0.3) is 0 Å². The molecule has 0 aromatic heterocycles. The summed E-state index contributed by atoms with van der Waals surface area (Å²) in [5, 5.41) is 39.1. The van der Waals surface area contributed by atoms with Gasteiger partial charge in [-0.3, -0.25) is 0 Å². The third-order valence-corrected chi connectivity index (χ3v) is 7.42. The van der Waals surface area contributed by atoms with E-state index < -0.39 is 0 Å².